The number of hydrogen-bond acceptors (Lipinski definition) is 5. The first-order valence-electron chi connectivity index (χ1n) is 33.4. The van der Waals surface area contributed by atoms with Crippen LogP contribution >= 0.6 is 7.82 Å². The van der Waals surface area contributed by atoms with Gasteiger partial charge in [0.15, 0.2) is 0 Å². The summed E-state index contributed by atoms with van der Waals surface area (Å²) >= 11 is 0. The second-order valence-electron chi connectivity index (χ2n) is 24.2. The molecule has 0 bridgehead atoms. The van der Waals surface area contributed by atoms with E-state index >= 15 is 0 Å². The quantitative estimate of drug-likeness (QED) is 0.0243. The Morgan fingerprint density at radius 3 is 1.05 bits per heavy atom. The maximum absolute atomic E-state index is 13.0. The van der Waals surface area contributed by atoms with Crippen molar-refractivity contribution in [1.29, 1.82) is 0 Å². The molecule has 0 aromatic carbocycles. The molecule has 0 radical (unpaired) electrons. The molecule has 3 unspecified atom stereocenters. The lowest BCUT2D eigenvalue weighted by molar-refractivity contribution is -0.870. The van der Waals surface area contributed by atoms with Gasteiger partial charge in [-0.1, -0.05) is 307 Å². The summed E-state index contributed by atoms with van der Waals surface area (Å²) in [6.45, 7) is 4.85. The third-order valence-corrected chi connectivity index (χ3v) is 16.3. The van der Waals surface area contributed by atoms with Crippen LogP contribution in [0.25, 0.3) is 0 Å². The van der Waals surface area contributed by atoms with Crippen molar-refractivity contribution in [3.05, 3.63) is 36.5 Å². The van der Waals surface area contributed by atoms with Gasteiger partial charge >= 0.3 is 7.82 Å². The number of allylic oxidation sites excluding steroid dienone is 5. The van der Waals surface area contributed by atoms with Crippen LogP contribution in [0.4, 0.5) is 0 Å². The highest BCUT2D eigenvalue weighted by Crippen LogP contribution is 2.43. The molecule has 3 atom stereocenters. The van der Waals surface area contributed by atoms with Gasteiger partial charge in [-0.05, 0) is 57.8 Å². The van der Waals surface area contributed by atoms with Crippen LogP contribution in [0.15, 0.2) is 36.5 Å². The number of quaternary nitrogens is 1. The fourth-order valence-electron chi connectivity index (χ4n) is 10.1. The Bertz CT molecular complexity index is 1330. The van der Waals surface area contributed by atoms with Gasteiger partial charge in [0.05, 0.1) is 39.9 Å². The lowest BCUT2D eigenvalue weighted by atomic mass is 10.0. The smallest absolute Gasteiger partial charge is 0.387 e. The topological polar surface area (TPSA) is 105 Å². The van der Waals surface area contributed by atoms with Crippen LogP contribution in [0, 0.1) is 0 Å². The van der Waals surface area contributed by atoms with Crippen LogP contribution in [0.5, 0.6) is 0 Å². The molecule has 3 N–H and O–H groups in total. The van der Waals surface area contributed by atoms with Gasteiger partial charge in [-0.15, -0.1) is 0 Å². The van der Waals surface area contributed by atoms with Gasteiger partial charge in [0.2, 0.25) is 5.91 Å². The number of hydrogen-bond donors (Lipinski definition) is 3. The number of carbonyl (C=O) groups excluding carboxylic acids is 1. The van der Waals surface area contributed by atoms with Gasteiger partial charge in [-0.2, -0.15) is 0 Å². The molecule has 76 heavy (non-hydrogen) atoms. The van der Waals surface area contributed by atoms with Crippen LogP contribution < -0.4 is 5.32 Å². The largest absolute Gasteiger partial charge is 0.472 e. The molecular weight excluding hydrogens is 960 g/mol. The van der Waals surface area contributed by atoms with E-state index in [-0.39, 0.29) is 19.1 Å². The van der Waals surface area contributed by atoms with Gasteiger partial charge < -0.3 is 19.8 Å². The Kier molecular flexibility index (Phi) is 57.4. The first-order chi connectivity index (χ1) is 37.0. The average molecular weight is 1090 g/mol. The zero-order valence-electron chi connectivity index (χ0n) is 51.5. The number of likely N-dealkylation sites (N-methyl/N-ethyl adjacent to an activating group) is 1. The molecule has 0 aromatic rings. The molecule has 0 fully saturated rings. The van der Waals surface area contributed by atoms with Gasteiger partial charge in [0.1, 0.15) is 13.2 Å². The SMILES string of the molecule is CCCCCCCCCCCCCC/C=C\CCCCCCCCCCCCCCCCCCC(=O)NC(COP(=O)(O)OCC[N+](C)(C)C)C(O)/C=C/CC/C=C/CCCCCCCCCCCCCCCCCC. The van der Waals surface area contributed by atoms with Crippen LogP contribution in [-0.4, -0.2) is 73.4 Å². The highest BCUT2D eigenvalue weighted by atomic mass is 31.2. The van der Waals surface area contributed by atoms with Crippen molar-refractivity contribution in [3.63, 3.8) is 0 Å². The Morgan fingerprint density at radius 2 is 0.724 bits per heavy atom. The molecule has 0 spiro atoms. The minimum Gasteiger partial charge on any atom is -0.387 e. The number of amides is 1. The van der Waals surface area contributed by atoms with E-state index in [9.17, 15) is 19.4 Å². The fraction of sp³-hybridized carbons (Fsp3) is 0.896. The van der Waals surface area contributed by atoms with E-state index in [1.54, 1.807) is 6.08 Å². The van der Waals surface area contributed by atoms with Crippen LogP contribution in [0.1, 0.15) is 335 Å². The second kappa shape index (κ2) is 58.4. The molecular formula is C67H132N2O6P+. The summed E-state index contributed by atoms with van der Waals surface area (Å²) in [5, 5.41) is 14.0. The predicted molar refractivity (Wildman–Crippen MR) is 332 cm³/mol. The molecule has 9 heteroatoms. The number of phosphoric acid groups is 1. The predicted octanol–water partition coefficient (Wildman–Crippen LogP) is 20.9. The summed E-state index contributed by atoms with van der Waals surface area (Å²) < 4.78 is 23.8. The van der Waals surface area contributed by atoms with Gasteiger partial charge in [-0.25, -0.2) is 4.57 Å². The van der Waals surface area contributed by atoms with Gasteiger partial charge in [0.25, 0.3) is 0 Å². The van der Waals surface area contributed by atoms with Crippen molar-refractivity contribution in [3.8, 4) is 0 Å². The highest BCUT2D eigenvalue weighted by Gasteiger charge is 2.28. The normalized spacial score (nSPS) is 13.9. The maximum Gasteiger partial charge on any atom is 0.472 e. The Hall–Kier alpha value is -1.28. The summed E-state index contributed by atoms with van der Waals surface area (Å²) in [7, 11) is 1.57. The van der Waals surface area contributed by atoms with E-state index in [1.165, 1.54) is 276 Å². The molecule has 0 aromatic heterocycles. The van der Waals surface area contributed by atoms with Gasteiger partial charge in [-0.3, -0.25) is 13.8 Å². The van der Waals surface area contributed by atoms with Crippen LogP contribution in [0.3, 0.4) is 0 Å². The van der Waals surface area contributed by atoms with E-state index in [1.807, 2.05) is 27.2 Å². The highest BCUT2D eigenvalue weighted by molar-refractivity contribution is 7.47. The van der Waals surface area contributed by atoms with Crippen molar-refractivity contribution in [2.45, 2.75) is 347 Å². The second-order valence-corrected chi connectivity index (χ2v) is 25.6. The zero-order chi connectivity index (χ0) is 55.6. The molecule has 0 saturated heterocycles. The summed E-state index contributed by atoms with van der Waals surface area (Å²) in [6.07, 6.45) is 77.2. The first-order valence-corrected chi connectivity index (χ1v) is 34.9. The van der Waals surface area contributed by atoms with Crippen molar-refractivity contribution < 1.29 is 32.9 Å². The summed E-state index contributed by atoms with van der Waals surface area (Å²) in [5.74, 6) is -0.181. The maximum atomic E-state index is 13.0. The van der Waals surface area contributed by atoms with E-state index in [0.717, 1.165) is 38.5 Å². The number of carbonyl (C=O) groups is 1. The third kappa shape index (κ3) is 60.4. The number of nitrogens with zero attached hydrogens (tertiary/aromatic N) is 1. The zero-order valence-corrected chi connectivity index (χ0v) is 52.4. The van der Waals surface area contributed by atoms with E-state index in [4.69, 9.17) is 9.05 Å². The number of nitrogens with one attached hydrogen (secondary N) is 1. The number of rotatable bonds is 62. The minimum atomic E-state index is -4.36. The Balaban J connectivity index is 4.08. The summed E-state index contributed by atoms with van der Waals surface area (Å²) in [5.41, 5.74) is 0. The molecule has 0 aliphatic rings. The van der Waals surface area contributed by atoms with Crippen LogP contribution in [-0.2, 0) is 18.4 Å². The minimum absolute atomic E-state index is 0.0577. The Labute approximate surface area is 474 Å². The average Bonchev–Trinajstić information content (AvgIpc) is 3.38. The summed E-state index contributed by atoms with van der Waals surface area (Å²) in [4.78, 5) is 23.4. The molecule has 0 saturated carbocycles. The number of aliphatic hydroxyl groups excluding tert-OH is 1. The van der Waals surface area contributed by atoms with Crippen molar-refractivity contribution >= 4 is 13.7 Å². The van der Waals surface area contributed by atoms with E-state index in [2.05, 4.69) is 43.5 Å². The lowest BCUT2D eigenvalue weighted by Gasteiger charge is -2.25. The number of unbranched alkanes of at least 4 members (excludes halogenated alkanes) is 45. The molecule has 0 aliphatic heterocycles. The summed E-state index contributed by atoms with van der Waals surface area (Å²) in [6, 6.07) is -0.863. The number of phosphoric ester groups is 1. The van der Waals surface area contributed by atoms with E-state index in [0.29, 0.717) is 17.4 Å². The molecule has 1 amide bonds. The molecule has 450 valence electrons. The standard InChI is InChI=1S/C67H131N2O6P/c1-6-8-10-12-14-16-18-20-22-24-26-28-30-31-32-33-34-35-36-37-38-39-41-43-45-47-49-51-53-55-57-59-61-67(71)68-65(64-75-76(72,73)74-63-62-69(3,4)5)66(70)60-58-56-54-52-50-48-46-44-42-40-29-27-25-23-21-19-17-15-13-11-9-7-2/h31-32,50,52,58,60,65-66,70H,6-30,33-49,51,53-57,59,61-64H2,1-5H3,(H-,68,71,72,73)/p+1/b32-31-,52-50+,60-58+. The van der Waals surface area contributed by atoms with E-state index < -0.39 is 20.0 Å². The first kappa shape index (κ1) is 74.7. The van der Waals surface area contributed by atoms with Crippen LogP contribution in [0.2, 0.25) is 0 Å². The van der Waals surface area contributed by atoms with Crippen molar-refractivity contribution in [2.75, 3.05) is 40.9 Å². The number of aliphatic hydroxyl groups is 1. The fourth-order valence-corrected chi connectivity index (χ4v) is 10.9. The van der Waals surface area contributed by atoms with Crippen molar-refractivity contribution in [1.82, 2.24) is 5.32 Å². The molecule has 0 rings (SSSR count). The van der Waals surface area contributed by atoms with Crippen molar-refractivity contribution in [2.24, 2.45) is 0 Å². The van der Waals surface area contributed by atoms with Gasteiger partial charge in [0, 0.05) is 6.42 Å². The molecule has 0 heterocycles. The Morgan fingerprint density at radius 1 is 0.434 bits per heavy atom. The molecule has 0 aliphatic carbocycles. The monoisotopic (exact) mass is 1090 g/mol. The third-order valence-electron chi connectivity index (χ3n) is 15.3. The lowest BCUT2D eigenvalue weighted by Crippen LogP contribution is -2.45. The molecule has 8 nitrogen and oxygen atoms in total.